The van der Waals surface area contributed by atoms with Gasteiger partial charge in [-0.15, -0.1) is 0 Å². The molecule has 0 fully saturated rings. The van der Waals surface area contributed by atoms with E-state index < -0.39 is 17.4 Å². The predicted molar refractivity (Wildman–Crippen MR) is 149 cm³/mol. The molecule has 9 nitrogen and oxygen atoms in total. The van der Waals surface area contributed by atoms with Crippen molar-refractivity contribution in [1.29, 1.82) is 0 Å². The molecule has 210 valence electrons. The first-order chi connectivity index (χ1) is 17.8. The molecule has 0 radical (unpaired) electrons. The molecule has 0 aliphatic heterocycles. The van der Waals surface area contributed by atoms with Gasteiger partial charge in [-0.1, -0.05) is 77.6 Å². The van der Waals surface area contributed by atoms with Gasteiger partial charge in [-0.2, -0.15) is 0 Å². The number of nitrogens with zero attached hydrogens (tertiary/aromatic N) is 4. The Morgan fingerprint density at radius 1 is 0.919 bits per heavy atom. The van der Waals surface area contributed by atoms with Gasteiger partial charge in [-0.25, -0.2) is 9.78 Å². The molecule has 0 aromatic carbocycles. The summed E-state index contributed by atoms with van der Waals surface area (Å²) in [4.78, 5) is 44.5. The average Bonchev–Trinajstić information content (AvgIpc) is 3.19. The Morgan fingerprint density at radius 2 is 1.51 bits per heavy atom. The number of rotatable bonds is 19. The van der Waals surface area contributed by atoms with Crippen LogP contribution < -0.4 is 11.2 Å². The second-order valence-corrected chi connectivity index (χ2v) is 10.5. The van der Waals surface area contributed by atoms with Gasteiger partial charge in [-0.3, -0.25) is 19.1 Å². The Kier molecular flexibility index (Phi) is 13.7. The fraction of sp³-hybridized carbons (Fsp3) is 0.786. The van der Waals surface area contributed by atoms with Crippen molar-refractivity contribution in [2.24, 2.45) is 14.1 Å². The van der Waals surface area contributed by atoms with Crippen molar-refractivity contribution in [3.8, 4) is 0 Å². The van der Waals surface area contributed by atoms with E-state index in [0.717, 1.165) is 83.0 Å². The quantitative estimate of drug-likeness (QED) is 0.270. The number of aliphatic hydroxyl groups is 1. The number of aliphatic hydroxyl groups excluding tert-OH is 1. The average molecular weight is 520 g/mol. The first kappa shape index (κ1) is 30.8. The highest BCUT2D eigenvalue weighted by atomic mass is 16.3. The lowest BCUT2D eigenvalue weighted by molar-refractivity contribution is -0.130. The highest BCUT2D eigenvalue weighted by molar-refractivity contribution is 5.73. The Labute approximate surface area is 221 Å². The normalized spacial score (nSPS) is 12.4. The standard InChI is InChI=1S/C28H49N5O4/c1-5-6-7-8-14-17-20-33(22(2)34)21-23(35)18-15-12-10-9-11-13-16-19-24-29-26-25(31(24)3)27(36)30-28(37)32(26)4/h23,35H,5-21H2,1-4H3,(H,30,36,37). The van der Waals surface area contributed by atoms with E-state index in [0.29, 0.717) is 17.7 Å². The van der Waals surface area contributed by atoms with E-state index in [-0.39, 0.29) is 5.91 Å². The van der Waals surface area contributed by atoms with Gasteiger partial charge in [0, 0.05) is 40.5 Å². The number of aryl methyl sites for hydroxylation is 3. The molecule has 0 bridgehead atoms. The largest absolute Gasteiger partial charge is 0.391 e. The Morgan fingerprint density at radius 3 is 2.16 bits per heavy atom. The number of aromatic nitrogens is 4. The van der Waals surface area contributed by atoms with Crippen LogP contribution in [0.15, 0.2) is 9.59 Å². The molecule has 1 amide bonds. The van der Waals surface area contributed by atoms with E-state index in [1.54, 1.807) is 18.5 Å². The maximum Gasteiger partial charge on any atom is 0.329 e. The number of amides is 1. The van der Waals surface area contributed by atoms with Gasteiger partial charge < -0.3 is 14.6 Å². The summed E-state index contributed by atoms with van der Waals surface area (Å²) in [7, 11) is 3.44. The molecule has 2 aromatic heterocycles. The van der Waals surface area contributed by atoms with Gasteiger partial charge in [0.05, 0.1) is 6.10 Å². The van der Waals surface area contributed by atoms with Crippen LogP contribution in [0, 0.1) is 0 Å². The van der Waals surface area contributed by atoms with Gasteiger partial charge in [0.1, 0.15) is 5.82 Å². The first-order valence-corrected chi connectivity index (χ1v) is 14.3. The molecule has 0 spiro atoms. The van der Waals surface area contributed by atoms with Crippen LogP contribution in [0.4, 0.5) is 0 Å². The molecule has 2 rings (SSSR count). The summed E-state index contributed by atoms with van der Waals surface area (Å²) < 4.78 is 3.17. The van der Waals surface area contributed by atoms with Crippen molar-refractivity contribution in [1.82, 2.24) is 24.0 Å². The van der Waals surface area contributed by atoms with Crippen LogP contribution in [-0.4, -0.2) is 54.2 Å². The zero-order valence-corrected chi connectivity index (χ0v) is 23.6. The molecule has 2 heterocycles. The minimum absolute atomic E-state index is 0.0575. The number of nitrogens with one attached hydrogen (secondary N) is 1. The van der Waals surface area contributed by atoms with Crippen LogP contribution in [0.25, 0.3) is 11.2 Å². The highest BCUT2D eigenvalue weighted by Crippen LogP contribution is 2.15. The number of hydrogen-bond donors (Lipinski definition) is 2. The van der Waals surface area contributed by atoms with Crippen molar-refractivity contribution in [2.45, 2.75) is 116 Å². The fourth-order valence-corrected chi connectivity index (χ4v) is 4.93. The summed E-state index contributed by atoms with van der Waals surface area (Å²) in [5.74, 6) is 0.883. The summed E-state index contributed by atoms with van der Waals surface area (Å²) in [5.41, 5.74) is 0.0330. The SMILES string of the molecule is CCCCCCCCN(CC(O)CCCCCCCCCc1nc2c(c(=O)[nH]c(=O)n2C)n1C)C(C)=O. The van der Waals surface area contributed by atoms with Gasteiger partial charge in [0.2, 0.25) is 5.91 Å². The van der Waals surface area contributed by atoms with E-state index in [4.69, 9.17) is 0 Å². The molecule has 0 aliphatic carbocycles. The number of fused-ring (bicyclic) bond motifs is 1. The lowest BCUT2D eigenvalue weighted by Gasteiger charge is -2.24. The molecule has 1 unspecified atom stereocenters. The number of carbonyl (C=O) groups is 1. The predicted octanol–water partition coefficient (Wildman–Crippen LogP) is 4.19. The van der Waals surface area contributed by atoms with E-state index in [1.807, 2.05) is 11.9 Å². The van der Waals surface area contributed by atoms with Crippen LogP contribution in [-0.2, 0) is 25.3 Å². The summed E-state index contributed by atoms with van der Waals surface area (Å²) in [6.45, 7) is 5.01. The minimum Gasteiger partial charge on any atom is -0.391 e. The zero-order chi connectivity index (χ0) is 27.2. The molecular formula is C28H49N5O4. The molecule has 1 atom stereocenters. The number of unbranched alkanes of at least 4 members (excludes halogenated alkanes) is 11. The molecule has 2 aromatic rings. The van der Waals surface area contributed by atoms with Crippen molar-refractivity contribution in [3.63, 3.8) is 0 Å². The fourth-order valence-electron chi connectivity index (χ4n) is 4.93. The third kappa shape index (κ3) is 10.1. The number of H-pyrrole nitrogens is 1. The number of imidazole rings is 1. The minimum atomic E-state index is -0.445. The first-order valence-electron chi connectivity index (χ1n) is 14.3. The van der Waals surface area contributed by atoms with Crippen molar-refractivity contribution in [3.05, 3.63) is 26.7 Å². The van der Waals surface area contributed by atoms with Crippen molar-refractivity contribution >= 4 is 17.1 Å². The molecule has 9 heteroatoms. The molecule has 0 saturated heterocycles. The monoisotopic (exact) mass is 519 g/mol. The zero-order valence-electron chi connectivity index (χ0n) is 23.6. The van der Waals surface area contributed by atoms with Crippen LogP contribution in [0.2, 0.25) is 0 Å². The third-order valence-corrected chi connectivity index (χ3v) is 7.32. The van der Waals surface area contributed by atoms with Crippen molar-refractivity contribution < 1.29 is 9.90 Å². The summed E-state index contributed by atoms with van der Waals surface area (Å²) in [5, 5.41) is 10.4. The lowest BCUT2D eigenvalue weighted by Crippen LogP contribution is -2.36. The van der Waals surface area contributed by atoms with Gasteiger partial charge in [0.25, 0.3) is 5.56 Å². The molecule has 2 N–H and O–H groups in total. The maximum atomic E-state index is 12.1. The third-order valence-electron chi connectivity index (χ3n) is 7.32. The molecule has 0 saturated carbocycles. The van der Waals surface area contributed by atoms with E-state index in [9.17, 15) is 19.5 Å². The Balaban J connectivity index is 1.56. The molecule has 37 heavy (non-hydrogen) atoms. The summed E-state index contributed by atoms with van der Waals surface area (Å²) in [6, 6.07) is 0. The molecular weight excluding hydrogens is 470 g/mol. The number of carbonyl (C=O) groups excluding carboxylic acids is 1. The van der Waals surface area contributed by atoms with Crippen molar-refractivity contribution in [2.75, 3.05) is 13.1 Å². The van der Waals surface area contributed by atoms with Crippen LogP contribution in [0.5, 0.6) is 0 Å². The van der Waals surface area contributed by atoms with Gasteiger partial charge >= 0.3 is 5.69 Å². The van der Waals surface area contributed by atoms with Crippen LogP contribution in [0.3, 0.4) is 0 Å². The maximum absolute atomic E-state index is 12.1. The van der Waals surface area contributed by atoms with Crippen LogP contribution in [0.1, 0.15) is 110 Å². The van der Waals surface area contributed by atoms with E-state index >= 15 is 0 Å². The second kappa shape index (κ2) is 16.4. The lowest BCUT2D eigenvalue weighted by atomic mass is 10.0. The summed E-state index contributed by atoms with van der Waals surface area (Å²) in [6.07, 6.45) is 15.9. The Hall–Kier alpha value is -2.42. The smallest absolute Gasteiger partial charge is 0.329 e. The summed E-state index contributed by atoms with van der Waals surface area (Å²) >= 11 is 0. The molecule has 0 aliphatic rings. The second-order valence-electron chi connectivity index (χ2n) is 10.5. The number of aromatic amines is 1. The van der Waals surface area contributed by atoms with Gasteiger partial charge in [0.15, 0.2) is 11.2 Å². The highest BCUT2D eigenvalue weighted by Gasteiger charge is 2.15. The van der Waals surface area contributed by atoms with E-state index in [1.165, 1.54) is 30.3 Å². The topological polar surface area (TPSA) is 113 Å². The van der Waals surface area contributed by atoms with Crippen LogP contribution >= 0.6 is 0 Å². The van der Waals surface area contributed by atoms with E-state index in [2.05, 4.69) is 16.9 Å². The Bertz CT molecular complexity index is 1070. The number of hydrogen-bond acceptors (Lipinski definition) is 5. The van der Waals surface area contributed by atoms with Gasteiger partial charge in [-0.05, 0) is 19.3 Å².